The fraction of sp³-hybridized carbons (Fsp3) is 0.391. The summed E-state index contributed by atoms with van der Waals surface area (Å²) < 4.78 is 18.9. The summed E-state index contributed by atoms with van der Waals surface area (Å²) in [5.41, 5.74) is 1.23. The lowest BCUT2D eigenvalue weighted by molar-refractivity contribution is -0.142. The lowest BCUT2D eigenvalue weighted by atomic mass is 10.1. The van der Waals surface area contributed by atoms with Crippen LogP contribution in [-0.4, -0.2) is 34.9 Å². The van der Waals surface area contributed by atoms with Crippen LogP contribution in [0.1, 0.15) is 38.8 Å². The van der Waals surface area contributed by atoms with Crippen LogP contribution >= 0.6 is 0 Å². The van der Waals surface area contributed by atoms with Crippen molar-refractivity contribution in [2.24, 2.45) is 0 Å². The molecule has 0 aliphatic rings. The quantitative estimate of drug-likeness (QED) is 0.768. The van der Waals surface area contributed by atoms with Crippen molar-refractivity contribution in [3.63, 3.8) is 0 Å². The highest BCUT2D eigenvalue weighted by atomic mass is 19.1. The number of amides is 2. The van der Waals surface area contributed by atoms with Gasteiger partial charge in [-0.05, 0) is 63.9 Å². The second-order valence-electron chi connectivity index (χ2n) is 8.12. The molecule has 0 heterocycles. The van der Waals surface area contributed by atoms with E-state index in [1.54, 1.807) is 25.1 Å². The Morgan fingerprint density at radius 3 is 2.31 bits per heavy atom. The summed E-state index contributed by atoms with van der Waals surface area (Å²) in [7, 11) is 0. The Kier molecular flexibility index (Phi) is 7.37. The third kappa shape index (κ3) is 6.89. The van der Waals surface area contributed by atoms with E-state index in [1.165, 1.54) is 17.0 Å². The summed E-state index contributed by atoms with van der Waals surface area (Å²) in [6, 6.07) is 12.6. The molecular formula is C23H29FN2O3. The molecule has 1 atom stereocenters. The Morgan fingerprint density at radius 2 is 1.72 bits per heavy atom. The standard InChI is InChI=1S/C23H29FN2O3/c1-16-8-6-7-9-20(16)29-15-21(27)26(14-18-10-12-19(24)13-11-18)17(2)22(28)25-23(3,4)5/h6-13,17H,14-15H2,1-5H3,(H,25,28)/t17-/m0/s1. The number of benzene rings is 2. The Hall–Kier alpha value is -2.89. The van der Waals surface area contributed by atoms with Crippen LogP contribution in [0, 0.1) is 12.7 Å². The van der Waals surface area contributed by atoms with Crippen LogP contribution in [0.3, 0.4) is 0 Å². The van der Waals surface area contributed by atoms with Crippen molar-refractivity contribution in [3.05, 3.63) is 65.5 Å². The number of aryl methyl sites for hydroxylation is 1. The zero-order chi connectivity index (χ0) is 21.6. The number of carbonyl (C=O) groups excluding carboxylic acids is 2. The highest BCUT2D eigenvalue weighted by Crippen LogP contribution is 2.17. The van der Waals surface area contributed by atoms with Gasteiger partial charge in [0, 0.05) is 12.1 Å². The maximum atomic E-state index is 13.2. The number of halogens is 1. The Bertz CT molecular complexity index is 844. The van der Waals surface area contributed by atoms with Gasteiger partial charge in [0.05, 0.1) is 0 Å². The summed E-state index contributed by atoms with van der Waals surface area (Å²) in [4.78, 5) is 27.1. The number of para-hydroxylation sites is 1. The van der Waals surface area contributed by atoms with Gasteiger partial charge in [0.25, 0.3) is 5.91 Å². The maximum absolute atomic E-state index is 13.2. The second kappa shape index (κ2) is 9.54. The number of hydrogen-bond donors (Lipinski definition) is 1. The first kappa shape index (κ1) is 22.4. The van der Waals surface area contributed by atoms with E-state index in [-0.39, 0.29) is 30.8 Å². The summed E-state index contributed by atoms with van der Waals surface area (Å²) in [6.07, 6.45) is 0. The van der Waals surface area contributed by atoms with Crippen LogP contribution in [0.2, 0.25) is 0 Å². The number of carbonyl (C=O) groups is 2. The molecule has 29 heavy (non-hydrogen) atoms. The summed E-state index contributed by atoms with van der Waals surface area (Å²) >= 11 is 0. The van der Waals surface area contributed by atoms with E-state index in [1.807, 2.05) is 45.9 Å². The van der Waals surface area contributed by atoms with Crippen molar-refractivity contribution in [1.29, 1.82) is 0 Å². The van der Waals surface area contributed by atoms with E-state index in [0.29, 0.717) is 5.75 Å². The Balaban J connectivity index is 2.18. The fourth-order valence-electron chi connectivity index (χ4n) is 2.78. The van der Waals surface area contributed by atoms with Crippen LogP contribution in [0.4, 0.5) is 4.39 Å². The van der Waals surface area contributed by atoms with Gasteiger partial charge >= 0.3 is 0 Å². The molecule has 0 aliphatic heterocycles. The molecule has 2 aromatic rings. The highest BCUT2D eigenvalue weighted by molar-refractivity contribution is 5.88. The van der Waals surface area contributed by atoms with Crippen LogP contribution in [-0.2, 0) is 16.1 Å². The summed E-state index contributed by atoms with van der Waals surface area (Å²) in [6.45, 7) is 9.20. The van der Waals surface area contributed by atoms with Crippen molar-refractivity contribution in [2.75, 3.05) is 6.61 Å². The van der Waals surface area contributed by atoms with Crippen molar-refractivity contribution in [3.8, 4) is 5.75 Å². The van der Waals surface area contributed by atoms with Gasteiger partial charge in [0.2, 0.25) is 5.91 Å². The Labute approximate surface area is 171 Å². The molecule has 0 spiro atoms. The molecule has 0 aliphatic carbocycles. The smallest absolute Gasteiger partial charge is 0.261 e. The lowest BCUT2D eigenvalue weighted by Gasteiger charge is -2.31. The third-order valence-corrected chi connectivity index (χ3v) is 4.38. The molecule has 0 aromatic heterocycles. The van der Waals surface area contributed by atoms with Crippen molar-refractivity contribution in [2.45, 2.75) is 52.7 Å². The van der Waals surface area contributed by atoms with E-state index < -0.39 is 11.6 Å². The van der Waals surface area contributed by atoms with E-state index >= 15 is 0 Å². The summed E-state index contributed by atoms with van der Waals surface area (Å²) in [5.74, 6) is -0.319. The topological polar surface area (TPSA) is 58.6 Å². The highest BCUT2D eigenvalue weighted by Gasteiger charge is 2.28. The zero-order valence-corrected chi connectivity index (χ0v) is 17.7. The molecule has 6 heteroatoms. The molecule has 0 radical (unpaired) electrons. The van der Waals surface area contributed by atoms with E-state index in [0.717, 1.165) is 11.1 Å². The van der Waals surface area contributed by atoms with E-state index in [4.69, 9.17) is 4.74 Å². The third-order valence-electron chi connectivity index (χ3n) is 4.38. The fourth-order valence-corrected chi connectivity index (χ4v) is 2.78. The zero-order valence-electron chi connectivity index (χ0n) is 17.7. The molecule has 0 fully saturated rings. The van der Waals surface area contributed by atoms with Gasteiger partial charge in [-0.1, -0.05) is 30.3 Å². The number of ether oxygens (including phenoxy) is 1. The monoisotopic (exact) mass is 400 g/mol. The molecule has 2 amide bonds. The maximum Gasteiger partial charge on any atom is 0.261 e. The van der Waals surface area contributed by atoms with Gasteiger partial charge < -0.3 is 15.0 Å². The van der Waals surface area contributed by atoms with Gasteiger partial charge in [-0.25, -0.2) is 4.39 Å². The largest absolute Gasteiger partial charge is 0.484 e. The molecule has 156 valence electrons. The van der Waals surface area contributed by atoms with Crippen LogP contribution in [0.5, 0.6) is 5.75 Å². The number of rotatable bonds is 7. The molecule has 0 saturated carbocycles. The van der Waals surface area contributed by atoms with Crippen molar-refractivity contribution < 1.29 is 18.7 Å². The first-order chi connectivity index (χ1) is 13.6. The molecule has 1 N–H and O–H groups in total. The SMILES string of the molecule is Cc1ccccc1OCC(=O)N(Cc1ccc(F)cc1)[C@@H](C)C(=O)NC(C)(C)C. The Morgan fingerprint density at radius 1 is 1.10 bits per heavy atom. The van der Waals surface area contributed by atoms with Gasteiger partial charge in [-0.15, -0.1) is 0 Å². The van der Waals surface area contributed by atoms with Crippen LogP contribution in [0.15, 0.2) is 48.5 Å². The molecule has 2 aromatic carbocycles. The molecule has 2 rings (SSSR count). The number of hydrogen-bond acceptors (Lipinski definition) is 3. The van der Waals surface area contributed by atoms with Gasteiger partial charge in [-0.3, -0.25) is 9.59 Å². The minimum atomic E-state index is -0.716. The lowest BCUT2D eigenvalue weighted by Crippen LogP contribution is -2.53. The minimum Gasteiger partial charge on any atom is -0.484 e. The average molecular weight is 400 g/mol. The van der Waals surface area contributed by atoms with Crippen LogP contribution < -0.4 is 10.1 Å². The number of nitrogens with one attached hydrogen (secondary N) is 1. The minimum absolute atomic E-state index is 0.176. The molecular weight excluding hydrogens is 371 g/mol. The van der Waals surface area contributed by atoms with E-state index in [9.17, 15) is 14.0 Å². The molecule has 0 saturated heterocycles. The van der Waals surface area contributed by atoms with Gasteiger partial charge in [-0.2, -0.15) is 0 Å². The molecule has 0 bridgehead atoms. The average Bonchev–Trinajstić information content (AvgIpc) is 2.64. The number of nitrogens with zero attached hydrogens (tertiary/aromatic N) is 1. The van der Waals surface area contributed by atoms with Gasteiger partial charge in [0.1, 0.15) is 17.6 Å². The predicted molar refractivity (Wildman–Crippen MR) is 111 cm³/mol. The molecule has 0 unspecified atom stereocenters. The summed E-state index contributed by atoms with van der Waals surface area (Å²) in [5, 5.41) is 2.90. The predicted octanol–water partition coefficient (Wildman–Crippen LogP) is 3.84. The second-order valence-corrected chi connectivity index (χ2v) is 8.12. The van der Waals surface area contributed by atoms with Crippen molar-refractivity contribution >= 4 is 11.8 Å². The van der Waals surface area contributed by atoms with Gasteiger partial charge in [0.15, 0.2) is 6.61 Å². The van der Waals surface area contributed by atoms with E-state index in [2.05, 4.69) is 5.32 Å². The normalized spacial score (nSPS) is 12.2. The first-order valence-electron chi connectivity index (χ1n) is 9.61. The molecule has 5 nitrogen and oxygen atoms in total. The first-order valence-corrected chi connectivity index (χ1v) is 9.61. The van der Waals surface area contributed by atoms with Crippen LogP contribution in [0.25, 0.3) is 0 Å². The van der Waals surface area contributed by atoms with Crippen molar-refractivity contribution in [1.82, 2.24) is 10.2 Å².